The first kappa shape index (κ1) is 19.4. The molecule has 142 valence electrons. The first-order valence-corrected chi connectivity index (χ1v) is 11.2. The Balaban J connectivity index is 2.03. The molecule has 3 rings (SSSR count). The van der Waals surface area contributed by atoms with E-state index in [9.17, 15) is 9.90 Å². The van der Waals surface area contributed by atoms with Crippen molar-refractivity contribution >= 4 is 24.8 Å². The van der Waals surface area contributed by atoms with Crippen LogP contribution in [0.15, 0.2) is 72.9 Å². The molecule has 2 aromatic rings. The van der Waals surface area contributed by atoms with Crippen molar-refractivity contribution in [3.05, 3.63) is 72.9 Å². The van der Waals surface area contributed by atoms with E-state index in [1.54, 1.807) is 6.20 Å². The smallest absolute Gasteiger partial charge is 0.411 e. The molecule has 0 bridgehead atoms. The number of hydrogen-bond donors (Lipinski definition) is 1. The van der Waals surface area contributed by atoms with Crippen molar-refractivity contribution in [2.24, 2.45) is 0 Å². The Labute approximate surface area is 162 Å². The minimum absolute atomic E-state index is 0.115. The molecule has 0 aliphatic carbocycles. The third-order valence-corrected chi connectivity index (χ3v) is 10.2. The molecule has 4 nitrogen and oxygen atoms in total. The fourth-order valence-electron chi connectivity index (χ4n) is 3.92. The maximum absolute atomic E-state index is 11.5. The highest BCUT2D eigenvalue weighted by molar-refractivity contribution is 6.99. The molecule has 1 atom stereocenters. The molecule has 0 radical (unpaired) electrons. The maximum atomic E-state index is 11.5. The largest absolute Gasteiger partial charge is 0.465 e. The molecule has 1 N–H and O–H groups in total. The highest BCUT2D eigenvalue weighted by atomic mass is 28.4. The number of nitrogens with zero attached hydrogens (tertiary/aromatic N) is 1. The molecular weight excluding hydrogens is 354 g/mol. The van der Waals surface area contributed by atoms with Crippen molar-refractivity contribution in [2.75, 3.05) is 6.61 Å². The van der Waals surface area contributed by atoms with Crippen LogP contribution in [0, 0.1) is 0 Å². The van der Waals surface area contributed by atoms with Crippen molar-refractivity contribution in [3.8, 4) is 0 Å². The number of amides is 1. The van der Waals surface area contributed by atoms with Gasteiger partial charge >= 0.3 is 6.09 Å². The van der Waals surface area contributed by atoms with E-state index < -0.39 is 14.4 Å². The molecule has 27 heavy (non-hydrogen) atoms. The van der Waals surface area contributed by atoms with Gasteiger partial charge in [-0.1, -0.05) is 87.5 Å². The second kappa shape index (κ2) is 7.70. The van der Waals surface area contributed by atoms with Gasteiger partial charge in [-0.3, -0.25) is 4.90 Å². The van der Waals surface area contributed by atoms with E-state index in [1.807, 2.05) is 18.2 Å². The van der Waals surface area contributed by atoms with E-state index in [4.69, 9.17) is 4.43 Å². The summed E-state index contributed by atoms with van der Waals surface area (Å²) in [5.74, 6) is 0. The molecule has 1 amide bonds. The van der Waals surface area contributed by atoms with Crippen LogP contribution in [-0.2, 0) is 4.43 Å². The highest BCUT2D eigenvalue weighted by Gasteiger charge is 2.50. The van der Waals surface area contributed by atoms with E-state index in [0.29, 0.717) is 13.0 Å². The van der Waals surface area contributed by atoms with Gasteiger partial charge in [0.25, 0.3) is 8.32 Å². The summed E-state index contributed by atoms with van der Waals surface area (Å²) in [7, 11) is -2.63. The van der Waals surface area contributed by atoms with Gasteiger partial charge in [0.15, 0.2) is 0 Å². The van der Waals surface area contributed by atoms with E-state index in [0.717, 1.165) is 0 Å². The van der Waals surface area contributed by atoms with E-state index in [-0.39, 0.29) is 11.1 Å². The van der Waals surface area contributed by atoms with Crippen molar-refractivity contribution in [2.45, 2.75) is 38.3 Å². The minimum Gasteiger partial charge on any atom is -0.465 e. The van der Waals surface area contributed by atoms with Crippen LogP contribution in [0.5, 0.6) is 0 Å². The SMILES string of the molecule is CC(C)(C)[Si](OC[C@@H]1CC=CN1C(=O)O)(c1ccccc1)c1ccccc1. The third kappa shape index (κ3) is 3.70. The van der Waals surface area contributed by atoms with E-state index in [1.165, 1.54) is 15.3 Å². The lowest BCUT2D eigenvalue weighted by Gasteiger charge is -2.43. The van der Waals surface area contributed by atoms with Gasteiger partial charge in [-0.15, -0.1) is 0 Å². The molecule has 1 aliphatic rings. The zero-order chi connectivity index (χ0) is 19.5. The van der Waals surface area contributed by atoms with E-state index >= 15 is 0 Å². The maximum Gasteiger partial charge on any atom is 0.411 e. The number of carbonyl (C=O) groups is 1. The average molecular weight is 382 g/mol. The normalized spacial score (nSPS) is 17.3. The van der Waals surface area contributed by atoms with Gasteiger partial charge in [0.05, 0.1) is 12.6 Å². The molecule has 5 heteroatoms. The van der Waals surface area contributed by atoms with Crippen LogP contribution in [0.3, 0.4) is 0 Å². The Kier molecular flexibility index (Phi) is 5.53. The van der Waals surface area contributed by atoms with Crippen LogP contribution in [-0.4, -0.2) is 37.1 Å². The fourth-order valence-corrected chi connectivity index (χ4v) is 8.52. The van der Waals surface area contributed by atoms with Gasteiger partial charge in [-0.25, -0.2) is 4.79 Å². The lowest BCUT2D eigenvalue weighted by molar-refractivity contribution is 0.133. The van der Waals surface area contributed by atoms with Gasteiger partial charge in [-0.05, 0) is 21.8 Å². The molecular formula is C22H27NO3Si. The van der Waals surface area contributed by atoms with Crippen LogP contribution in [0.1, 0.15) is 27.2 Å². The highest BCUT2D eigenvalue weighted by Crippen LogP contribution is 2.37. The predicted molar refractivity (Wildman–Crippen MR) is 111 cm³/mol. The summed E-state index contributed by atoms with van der Waals surface area (Å²) >= 11 is 0. The van der Waals surface area contributed by atoms with Crippen LogP contribution in [0.25, 0.3) is 0 Å². The van der Waals surface area contributed by atoms with Crippen molar-refractivity contribution in [1.82, 2.24) is 4.90 Å². The quantitative estimate of drug-likeness (QED) is 0.801. The summed E-state index contributed by atoms with van der Waals surface area (Å²) in [5, 5.41) is 11.7. The summed E-state index contributed by atoms with van der Waals surface area (Å²) in [6.45, 7) is 7.05. The summed E-state index contributed by atoms with van der Waals surface area (Å²) in [4.78, 5) is 12.9. The summed E-state index contributed by atoms with van der Waals surface area (Å²) < 4.78 is 6.82. The molecule has 0 fully saturated rings. The topological polar surface area (TPSA) is 49.8 Å². The second-order valence-corrected chi connectivity index (χ2v) is 12.2. The van der Waals surface area contributed by atoms with Crippen molar-refractivity contribution in [3.63, 3.8) is 0 Å². The zero-order valence-electron chi connectivity index (χ0n) is 16.1. The first-order valence-electron chi connectivity index (χ1n) is 9.29. The summed E-state index contributed by atoms with van der Waals surface area (Å²) in [6, 6.07) is 20.6. The lowest BCUT2D eigenvalue weighted by atomic mass is 10.2. The average Bonchev–Trinajstić information content (AvgIpc) is 3.12. The van der Waals surface area contributed by atoms with Crippen LogP contribution >= 0.6 is 0 Å². The fraction of sp³-hybridized carbons (Fsp3) is 0.318. The predicted octanol–water partition coefficient (Wildman–Crippen LogP) is 3.83. The Morgan fingerprint density at radius 1 is 1.07 bits per heavy atom. The van der Waals surface area contributed by atoms with Crippen LogP contribution in [0.2, 0.25) is 5.04 Å². The monoisotopic (exact) mass is 381 g/mol. The molecule has 0 saturated heterocycles. The van der Waals surface area contributed by atoms with Gasteiger partial charge in [0, 0.05) is 6.20 Å². The zero-order valence-corrected chi connectivity index (χ0v) is 17.1. The van der Waals surface area contributed by atoms with E-state index in [2.05, 4.69) is 69.3 Å². The Hall–Kier alpha value is -2.37. The van der Waals surface area contributed by atoms with Gasteiger partial charge < -0.3 is 9.53 Å². The molecule has 2 aromatic carbocycles. The molecule has 1 aliphatic heterocycles. The van der Waals surface area contributed by atoms with Crippen molar-refractivity contribution in [1.29, 1.82) is 0 Å². The molecule has 0 saturated carbocycles. The van der Waals surface area contributed by atoms with Gasteiger partial charge in [0.2, 0.25) is 0 Å². The lowest BCUT2D eigenvalue weighted by Crippen LogP contribution is -2.67. The third-order valence-electron chi connectivity index (χ3n) is 5.20. The first-order chi connectivity index (χ1) is 12.9. The van der Waals surface area contributed by atoms with Crippen molar-refractivity contribution < 1.29 is 14.3 Å². The second-order valence-electron chi connectivity index (χ2n) is 7.94. The Morgan fingerprint density at radius 3 is 2.04 bits per heavy atom. The summed E-state index contributed by atoms with van der Waals surface area (Å²) in [6.07, 6.45) is 3.29. The van der Waals surface area contributed by atoms with Gasteiger partial charge in [0.1, 0.15) is 0 Å². The number of benzene rings is 2. The molecule has 1 heterocycles. The number of hydrogen-bond acceptors (Lipinski definition) is 2. The molecule has 0 spiro atoms. The Bertz CT molecular complexity index is 760. The van der Waals surface area contributed by atoms with Gasteiger partial charge in [-0.2, -0.15) is 0 Å². The molecule has 0 unspecified atom stereocenters. The number of rotatable bonds is 5. The minimum atomic E-state index is -2.63. The van der Waals surface area contributed by atoms with Crippen LogP contribution in [0.4, 0.5) is 4.79 Å². The van der Waals surface area contributed by atoms with Crippen LogP contribution < -0.4 is 10.4 Å². The number of carboxylic acid groups (broad SMARTS) is 1. The summed E-state index contributed by atoms with van der Waals surface area (Å²) in [5.41, 5.74) is 0. The molecule has 0 aromatic heterocycles. The Morgan fingerprint density at radius 2 is 1.59 bits per heavy atom. The standard InChI is InChI=1S/C22H27NO3Si/c1-22(2,3)27(19-12-6-4-7-13-19,20-14-8-5-9-15-20)26-17-18-11-10-16-23(18)21(24)25/h4-10,12-16,18H,11,17H2,1-3H3,(H,24,25)/t18-/m0/s1.